The first-order valence-corrected chi connectivity index (χ1v) is 17.2. The summed E-state index contributed by atoms with van der Waals surface area (Å²) < 4.78 is 11.1. The molecular weight excluding hydrogens is 625 g/mol. The Morgan fingerprint density at radius 2 is 0.902 bits per heavy atom. The van der Waals surface area contributed by atoms with Crippen molar-refractivity contribution in [2.75, 3.05) is 0 Å². The highest BCUT2D eigenvalue weighted by Gasteiger charge is 2.20. The molecule has 0 spiro atoms. The third-order valence-electron chi connectivity index (χ3n) is 10.2. The van der Waals surface area contributed by atoms with Crippen molar-refractivity contribution in [2.24, 2.45) is 0 Å². The van der Waals surface area contributed by atoms with Crippen LogP contribution in [-0.2, 0) is 0 Å². The maximum Gasteiger partial charge on any atom is 0.231 e. The van der Waals surface area contributed by atoms with Crippen LogP contribution in [0.4, 0.5) is 0 Å². The molecule has 0 atom stereocenters. The molecule has 0 saturated heterocycles. The minimum atomic E-state index is 0.578. The molecule has 0 radical (unpaired) electrons. The lowest BCUT2D eigenvalue weighted by molar-refractivity contribution is 0.653. The quantitative estimate of drug-likeness (QED) is 0.190. The van der Waals surface area contributed by atoms with Gasteiger partial charge in [0.1, 0.15) is 5.58 Å². The van der Waals surface area contributed by atoms with E-state index in [2.05, 4.69) is 161 Å². The molecule has 0 bridgehead atoms. The largest absolute Gasteiger partial charge is 0.438 e. The smallest absolute Gasteiger partial charge is 0.231 e. The van der Waals surface area contributed by atoms with Gasteiger partial charge in [-0.1, -0.05) is 103 Å². The fraction of sp³-hybridized carbons (Fsp3) is 0. The first kappa shape index (κ1) is 27.9. The number of nitrogens with zero attached hydrogens (tertiary/aromatic N) is 4. The van der Waals surface area contributed by atoms with Gasteiger partial charge in [0.15, 0.2) is 5.82 Å². The normalized spacial score (nSPS) is 11.9. The highest BCUT2D eigenvalue weighted by atomic mass is 16.3. The summed E-state index contributed by atoms with van der Waals surface area (Å²) in [6.07, 6.45) is 0. The van der Waals surface area contributed by atoms with Crippen molar-refractivity contribution in [3.63, 3.8) is 0 Å². The second-order valence-corrected chi connectivity index (χ2v) is 13.0. The average molecular weight is 653 g/mol. The lowest BCUT2D eigenvalue weighted by atomic mass is 10.0. The zero-order valence-electron chi connectivity index (χ0n) is 27.4. The topological polar surface area (TPSA) is 48.8 Å². The number of para-hydroxylation sites is 5. The van der Waals surface area contributed by atoms with Crippen LogP contribution in [-0.4, -0.2) is 19.1 Å². The fourth-order valence-corrected chi connectivity index (χ4v) is 7.90. The minimum Gasteiger partial charge on any atom is -0.438 e. The third kappa shape index (κ3) is 4.15. The van der Waals surface area contributed by atoms with Gasteiger partial charge < -0.3 is 13.6 Å². The summed E-state index contributed by atoms with van der Waals surface area (Å²) in [6.45, 7) is 0. The van der Waals surface area contributed by atoms with E-state index < -0.39 is 0 Å². The first-order chi connectivity index (χ1) is 25.3. The Hall–Kier alpha value is -6.98. The fourth-order valence-electron chi connectivity index (χ4n) is 7.90. The van der Waals surface area contributed by atoms with Crippen LogP contribution in [0.1, 0.15) is 0 Å². The van der Waals surface area contributed by atoms with Crippen molar-refractivity contribution in [2.45, 2.75) is 0 Å². The number of fused-ring (bicyclic) bond motifs is 9. The van der Waals surface area contributed by atoms with E-state index in [-0.39, 0.29) is 0 Å². The lowest BCUT2D eigenvalue weighted by Gasteiger charge is -2.11. The van der Waals surface area contributed by atoms with Gasteiger partial charge in [-0.2, -0.15) is 4.98 Å². The van der Waals surface area contributed by atoms with E-state index in [0.29, 0.717) is 11.5 Å². The molecule has 4 aromatic heterocycles. The van der Waals surface area contributed by atoms with Gasteiger partial charge in [-0.05, 0) is 66.7 Å². The molecule has 4 heterocycles. The third-order valence-corrected chi connectivity index (χ3v) is 10.2. The zero-order chi connectivity index (χ0) is 33.5. The summed E-state index contributed by atoms with van der Waals surface area (Å²) in [4.78, 5) is 10.4. The van der Waals surface area contributed by atoms with Crippen LogP contribution in [0.5, 0.6) is 0 Å². The predicted octanol–water partition coefficient (Wildman–Crippen LogP) is 11.9. The molecule has 7 aromatic carbocycles. The molecule has 0 aliphatic rings. The Labute approximate surface area is 292 Å². The zero-order valence-corrected chi connectivity index (χ0v) is 27.4. The van der Waals surface area contributed by atoms with Crippen LogP contribution >= 0.6 is 0 Å². The van der Waals surface area contributed by atoms with Crippen LogP contribution in [0, 0.1) is 0 Å². The molecule has 0 aliphatic carbocycles. The number of benzene rings is 7. The SMILES string of the molecule is c1ccc(-n2c3ccccc3c3cc(-c4nc(-c5ccc(-n6c7ccccc7c7ccccc76)cc5)c5c(n4)oc4ccccc45)ccc32)cc1. The number of hydrogen-bond donors (Lipinski definition) is 0. The molecular formula is C46H28N4O. The summed E-state index contributed by atoms with van der Waals surface area (Å²) in [6, 6.07) is 59.6. The summed E-state index contributed by atoms with van der Waals surface area (Å²) in [5.74, 6) is 0.626. The van der Waals surface area contributed by atoms with Crippen LogP contribution in [0.25, 0.3) is 99.7 Å². The molecule has 0 amide bonds. The maximum absolute atomic E-state index is 6.42. The molecule has 51 heavy (non-hydrogen) atoms. The molecule has 0 N–H and O–H groups in total. The summed E-state index contributed by atoms with van der Waals surface area (Å²) in [7, 11) is 0. The van der Waals surface area contributed by atoms with Crippen LogP contribution < -0.4 is 0 Å². The minimum absolute atomic E-state index is 0.578. The van der Waals surface area contributed by atoms with Gasteiger partial charge in [0.2, 0.25) is 5.71 Å². The van der Waals surface area contributed by atoms with E-state index in [4.69, 9.17) is 14.4 Å². The van der Waals surface area contributed by atoms with E-state index in [9.17, 15) is 0 Å². The molecule has 238 valence electrons. The van der Waals surface area contributed by atoms with Crippen molar-refractivity contribution >= 4 is 65.7 Å². The van der Waals surface area contributed by atoms with E-state index in [0.717, 1.165) is 61.0 Å². The molecule has 11 aromatic rings. The summed E-state index contributed by atoms with van der Waals surface area (Å²) in [5.41, 5.74) is 11.0. The van der Waals surface area contributed by atoms with Gasteiger partial charge in [-0.3, -0.25) is 0 Å². The van der Waals surface area contributed by atoms with Crippen molar-refractivity contribution in [3.05, 3.63) is 170 Å². The summed E-state index contributed by atoms with van der Waals surface area (Å²) >= 11 is 0. The van der Waals surface area contributed by atoms with Gasteiger partial charge in [-0.25, -0.2) is 4.98 Å². The Bertz CT molecular complexity index is 3080. The molecule has 0 fully saturated rings. The molecule has 5 heteroatoms. The van der Waals surface area contributed by atoms with Crippen molar-refractivity contribution in [1.82, 2.24) is 19.1 Å². The van der Waals surface area contributed by atoms with Crippen LogP contribution in [0.3, 0.4) is 0 Å². The van der Waals surface area contributed by atoms with Gasteiger partial charge in [0.05, 0.1) is 33.1 Å². The Morgan fingerprint density at radius 3 is 1.57 bits per heavy atom. The second-order valence-electron chi connectivity index (χ2n) is 13.0. The molecule has 0 saturated carbocycles. The van der Waals surface area contributed by atoms with Crippen molar-refractivity contribution in [1.29, 1.82) is 0 Å². The highest BCUT2D eigenvalue weighted by molar-refractivity contribution is 6.13. The molecule has 5 nitrogen and oxygen atoms in total. The van der Waals surface area contributed by atoms with E-state index in [1.165, 1.54) is 27.2 Å². The average Bonchev–Trinajstić information content (AvgIpc) is 3.85. The van der Waals surface area contributed by atoms with Crippen molar-refractivity contribution < 1.29 is 4.42 Å². The molecule has 0 aliphatic heterocycles. The van der Waals surface area contributed by atoms with Gasteiger partial charge in [-0.15, -0.1) is 0 Å². The second kappa shape index (κ2) is 10.8. The first-order valence-electron chi connectivity index (χ1n) is 17.2. The van der Waals surface area contributed by atoms with Crippen LogP contribution in [0.2, 0.25) is 0 Å². The lowest BCUT2D eigenvalue weighted by Crippen LogP contribution is -1.96. The van der Waals surface area contributed by atoms with E-state index in [1.807, 2.05) is 18.2 Å². The number of rotatable bonds is 4. The van der Waals surface area contributed by atoms with E-state index in [1.54, 1.807) is 0 Å². The van der Waals surface area contributed by atoms with E-state index >= 15 is 0 Å². The number of furan rings is 1. The highest BCUT2D eigenvalue weighted by Crippen LogP contribution is 2.39. The van der Waals surface area contributed by atoms with Gasteiger partial charge >= 0.3 is 0 Å². The Morgan fingerprint density at radius 1 is 0.392 bits per heavy atom. The number of hydrogen-bond acceptors (Lipinski definition) is 3. The summed E-state index contributed by atoms with van der Waals surface area (Å²) in [5, 5.41) is 6.74. The van der Waals surface area contributed by atoms with Crippen LogP contribution in [0.15, 0.2) is 174 Å². The molecule has 0 unspecified atom stereocenters. The monoisotopic (exact) mass is 652 g/mol. The number of aromatic nitrogens is 4. The van der Waals surface area contributed by atoms with Crippen molar-refractivity contribution in [3.8, 4) is 34.0 Å². The Balaban J connectivity index is 1.11. The maximum atomic E-state index is 6.42. The van der Waals surface area contributed by atoms with Gasteiger partial charge in [0, 0.05) is 49.4 Å². The standard InChI is InChI=1S/C46H28N4O/c1-2-12-31(13-3-1)49-40-20-10-6-16-35(40)37-28-30(24-27-41(37)49)45-47-44(43-36-17-7-11-21-42(36)51-46(43)48-45)29-22-25-32(26-23-29)50-38-18-8-4-14-33(38)34-15-5-9-19-39(34)50/h1-28H. The molecule has 11 rings (SSSR count). The predicted molar refractivity (Wildman–Crippen MR) is 209 cm³/mol. The van der Waals surface area contributed by atoms with Gasteiger partial charge in [0.25, 0.3) is 0 Å². The Kier molecular flexibility index (Phi) is 5.89.